The highest BCUT2D eigenvalue weighted by molar-refractivity contribution is 5.83. The molecule has 9 atom stereocenters. The van der Waals surface area contributed by atoms with Crippen LogP contribution in [0, 0.1) is 5.92 Å². The van der Waals surface area contributed by atoms with Crippen molar-refractivity contribution in [1.29, 1.82) is 0 Å². The van der Waals surface area contributed by atoms with Crippen molar-refractivity contribution in [3.8, 4) is 0 Å². The van der Waals surface area contributed by atoms with Crippen molar-refractivity contribution in [3.63, 3.8) is 0 Å². The van der Waals surface area contributed by atoms with Crippen LogP contribution in [0.4, 0.5) is 0 Å². The van der Waals surface area contributed by atoms with Crippen LogP contribution in [0.1, 0.15) is 60.9 Å². The summed E-state index contributed by atoms with van der Waals surface area (Å²) >= 11 is 0. The van der Waals surface area contributed by atoms with E-state index in [9.17, 15) is 4.79 Å². The fourth-order valence-electron chi connectivity index (χ4n) is 8.77. The highest BCUT2D eigenvalue weighted by Crippen LogP contribution is 2.44. The molecular formula is C52H58O9. The summed E-state index contributed by atoms with van der Waals surface area (Å²) in [5.74, 6) is -1.12. The molecule has 2 heterocycles. The van der Waals surface area contributed by atoms with E-state index in [1.807, 2.05) is 141 Å². The zero-order valence-electron chi connectivity index (χ0n) is 35.2. The van der Waals surface area contributed by atoms with E-state index in [0.29, 0.717) is 45.9 Å². The molecule has 0 spiro atoms. The number of hydrogen-bond acceptors (Lipinski definition) is 9. The van der Waals surface area contributed by atoms with Crippen molar-refractivity contribution in [2.24, 2.45) is 5.92 Å². The summed E-state index contributed by atoms with van der Waals surface area (Å²) in [4.78, 5) is 14.8. The molecule has 3 aliphatic rings. The molecule has 3 fully saturated rings. The van der Waals surface area contributed by atoms with E-state index in [0.717, 1.165) is 27.8 Å². The van der Waals surface area contributed by atoms with Gasteiger partial charge in [-0.05, 0) is 54.0 Å². The van der Waals surface area contributed by atoms with E-state index < -0.39 is 48.5 Å². The van der Waals surface area contributed by atoms with Gasteiger partial charge in [-0.2, -0.15) is 0 Å². The lowest BCUT2D eigenvalue weighted by Crippen LogP contribution is -2.56. The Morgan fingerprint density at radius 3 is 1.43 bits per heavy atom. The normalized spacial score (nSPS) is 27.0. The Bertz CT molecular complexity index is 2050. The molecule has 9 heteroatoms. The van der Waals surface area contributed by atoms with Crippen molar-refractivity contribution >= 4 is 5.78 Å². The molecule has 8 rings (SSSR count). The largest absolute Gasteiger partial charge is 0.374 e. The smallest absolute Gasteiger partial charge is 0.163 e. The summed E-state index contributed by atoms with van der Waals surface area (Å²) in [7, 11) is 0. The van der Waals surface area contributed by atoms with E-state index in [-0.39, 0.29) is 30.8 Å². The first-order valence-electron chi connectivity index (χ1n) is 21.6. The molecule has 0 amide bonds. The lowest BCUT2D eigenvalue weighted by atomic mass is 9.77. The lowest BCUT2D eigenvalue weighted by molar-refractivity contribution is -0.220. The van der Waals surface area contributed by atoms with Gasteiger partial charge in [-0.15, -0.1) is 0 Å². The van der Waals surface area contributed by atoms with Crippen LogP contribution in [-0.4, -0.2) is 67.0 Å². The fraction of sp³-hybridized carbons (Fsp3) is 0.404. The quantitative estimate of drug-likeness (QED) is 0.0809. The summed E-state index contributed by atoms with van der Waals surface area (Å²) in [6, 6.07) is 50.4. The van der Waals surface area contributed by atoms with Gasteiger partial charge in [0.1, 0.15) is 30.5 Å². The van der Waals surface area contributed by atoms with E-state index in [2.05, 4.69) is 24.3 Å². The monoisotopic (exact) mass is 826 g/mol. The Labute approximate surface area is 360 Å². The average molecular weight is 827 g/mol. The van der Waals surface area contributed by atoms with Gasteiger partial charge in [0.2, 0.25) is 0 Å². The van der Waals surface area contributed by atoms with Crippen molar-refractivity contribution < 1.29 is 42.7 Å². The van der Waals surface area contributed by atoms with Gasteiger partial charge in [-0.3, -0.25) is 4.79 Å². The summed E-state index contributed by atoms with van der Waals surface area (Å²) in [6.45, 7) is 6.00. The average Bonchev–Trinajstić information content (AvgIpc) is 3.63. The molecule has 2 saturated heterocycles. The number of benzene rings is 5. The predicted octanol–water partition coefficient (Wildman–Crippen LogP) is 9.20. The summed E-state index contributed by atoms with van der Waals surface area (Å²) < 4.78 is 53.2. The molecule has 0 bridgehead atoms. The third-order valence-electron chi connectivity index (χ3n) is 11.8. The molecule has 0 unspecified atom stereocenters. The Morgan fingerprint density at radius 2 is 0.934 bits per heavy atom. The topological polar surface area (TPSA) is 90.9 Å². The van der Waals surface area contributed by atoms with Crippen LogP contribution in [0.15, 0.2) is 152 Å². The second-order valence-electron chi connectivity index (χ2n) is 16.8. The number of carbonyl (C=O) groups excluding carboxylic acids is 1. The maximum absolute atomic E-state index is 14.8. The highest BCUT2D eigenvalue weighted by Gasteiger charge is 2.56. The SMILES string of the molecule is CC1(C)O[C@@H]2[C@@H](OCc3ccccc3)[C@@H](OCc3ccccc3)C[C@@H](CC(=O)[C@@H]3C[C@@H](OCc4ccccc4)[C@H](OCc4ccccc4)[C@@H](COCc4ccccc4)O3)[C@@H]2O1. The van der Waals surface area contributed by atoms with Gasteiger partial charge in [0.15, 0.2) is 11.6 Å². The number of hydrogen-bond donors (Lipinski definition) is 0. The number of Topliss-reactive ketones (excluding diaryl/α,β-unsaturated/α-hetero) is 1. The molecule has 5 aromatic carbocycles. The maximum Gasteiger partial charge on any atom is 0.163 e. The van der Waals surface area contributed by atoms with Crippen LogP contribution < -0.4 is 0 Å². The Kier molecular flexibility index (Phi) is 14.9. The van der Waals surface area contributed by atoms with Gasteiger partial charge in [0.05, 0.1) is 58.0 Å². The minimum atomic E-state index is -0.873. The molecule has 2 aliphatic heterocycles. The van der Waals surface area contributed by atoms with Crippen LogP contribution in [0.25, 0.3) is 0 Å². The first-order valence-corrected chi connectivity index (χ1v) is 21.6. The van der Waals surface area contributed by atoms with Crippen LogP contribution >= 0.6 is 0 Å². The molecule has 5 aromatic rings. The number of fused-ring (bicyclic) bond motifs is 1. The molecule has 0 N–H and O–H groups in total. The van der Waals surface area contributed by atoms with Gasteiger partial charge in [-0.1, -0.05) is 152 Å². The third-order valence-corrected chi connectivity index (χ3v) is 11.8. The Balaban J connectivity index is 1.03. The predicted molar refractivity (Wildman–Crippen MR) is 231 cm³/mol. The van der Waals surface area contributed by atoms with Crippen LogP contribution in [0.5, 0.6) is 0 Å². The third kappa shape index (κ3) is 11.9. The molecule has 1 aliphatic carbocycles. The van der Waals surface area contributed by atoms with Crippen LogP contribution in [-0.2, 0) is 75.7 Å². The molecule has 0 radical (unpaired) electrons. The summed E-state index contributed by atoms with van der Waals surface area (Å²) in [5.41, 5.74) is 5.24. The van der Waals surface area contributed by atoms with Gasteiger partial charge in [-0.25, -0.2) is 0 Å². The molecule has 1 saturated carbocycles. The van der Waals surface area contributed by atoms with E-state index in [1.165, 1.54) is 0 Å². The Hall–Kier alpha value is -4.55. The first kappa shape index (κ1) is 43.1. The number of rotatable bonds is 19. The molecule has 320 valence electrons. The van der Waals surface area contributed by atoms with Crippen LogP contribution in [0.2, 0.25) is 0 Å². The van der Waals surface area contributed by atoms with Crippen molar-refractivity contribution in [2.45, 2.75) is 121 Å². The van der Waals surface area contributed by atoms with Crippen molar-refractivity contribution in [1.82, 2.24) is 0 Å². The maximum atomic E-state index is 14.8. The molecule has 0 aromatic heterocycles. The molecular weight excluding hydrogens is 769 g/mol. The lowest BCUT2D eigenvalue weighted by Gasteiger charge is -2.43. The number of carbonyl (C=O) groups is 1. The molecule has 61 heavy (non-hydrogen) atoms. The fourth-order valence-corrected chi connectivity index (χ4v) is 8.77. The summed E-state index contributed by atoms with van der Waals surface area (Å²) in [5, 5.41) is 0. The zero-order chi connectivity index (χ0) is 41.9. The standard InChI is InChI=1S/C52H58O9/c1-52(2)60-48-42(29-45(55-32-38-20-10-4-11-21-38)50(51(48)61-52)58-35-41-26-16-7-17-27-41)28-43(53)44-30-46(56-33-39-22-12-5-13-23-39)49(57-34-40-24-14-6-15-25-40)47(59-44)36-54-31-37-18-8-3-9-19-37/h3-27,42,44-51H,28-36H2,1-2H3/t42-,44+,45+,46-,47-,48+,49+,50+,51+/m1/s1. The number of ketones is 1. The van der Waals surface area contributed by atoms with Crippen molar-refractivity contribution in [3.05, 3.63) is 179 Å². The van der Waals surface area contributed by atoms with E-state index in [1.54, 1.807) is 0 Å². The minimum Gasteiger partial charge on any atom is -0.374 e. The van der Waals surface area contributed by atoms with Gasteiger partial charge in [0.25, 0.3) is 0 Å². The first-order chi connectivity index (χ1) is 29.9. The Morgan fingerprint density at radius 1 is 0.525 bits per heavy atom. The van der Waals surface area contributed by atoms with E-state index >= 15 is 0 Å². The minimum absolute atomic E-state index is 0.0228. The van der Waals surface area contributed by atoms with Gasteiger partial charge in [0, 0.05) is 12.8 Å². The summed E-state index contributed by atoms with van der Waals surface area (Å²) in [6.07, 6.45) is -2.79. The van der Waals surface area contributed by atoms with E-state index in [4.69, 9.17) is 37.9 Å². The van der Waals surface area contributed by atoms with Gasteiger partial charge < -0.3 is 37.9 Å². The second-order valence-corrected chi connectivity index (χ2v) is 16.8. The van der Waals surface area contributed by atoms with Crippen molar-refractivity contribution in [2.75, 3.05) is 6.61 Å². The number of ether oxygens (including phenoxy) is 8. The second kappa shape index (κ2) is 21.0. The molecule has 9 nitrogen and oxygen atoms in total. The zero-order valence-corrected chi connectivity index (χ0v) is 35.2. The van der Waals surface area contributed by atoms with Crippen LogP contribution in [0.3, 0.4) is 0 Å². The highest BCUT2D eigenvalue weighted by atomic mass is 16.8. The van der Waals surface area contributed by atoms with Gasteiger partial charge >= 0.3 is 0 Å².